The molecule has 3 N–H and O–H groups in total. The van der Waals surface area contributed by atoms with Gasteiger partial charge in [-0.05, 0) is 31.0 Å². The number of nitrogens with one attached hydrogen (secondary N) is 3. The number of hydrogen-bond acceptors (Lipinski definition) is 4. The molecule has 1 atom stereocenters. The molecular weight excluding hydrogens is 370 g/mol. The Hall–Kier alpha value is -3.45. The highest BCUT2D eigenvalue weighted by Gasteiger charge is 2.19. The number of anilines is 1. The maximum atomic E-state index is 12.9. The molecule has 7 heteroatoms. The minimum absolute atomic E-state index is 0.0307. The number of rotatable bonds is 5. The average molecular weight is 391 g/mol. The molecule has 3 aromatic rings. The van der Waals surface area contributed by atoms with Gasteiger partial charge in [0.2, 0.25) is 5.56 Å². The average Bonchev–Trinajstić information content (AvgIpc) is 3.25. The van der Waals surface area contributed by atoms with E-state index < -0.39 is 5.91 Å². The molecule has 7 nitrogen and oxygen atoms in total. The van der Waals surface area contributed by atoms with Gasteiger partial charge in [0.05, 0.1) is 22.9 Å². The van der Waals surface area contributed by atoms with Crippen molar-refractivity contribution in [1.82, 2.24) is 10.3 Å². The van der Waals surface area contributed by atoms with E-state index in [-0.39, 0.29) is 23.1 Å². The number of H-pyrrole nitrogens is 1. The van der Waals surface area contributed by atoms with Crippen LogP contribution in [-0.2, 0) is 4.74 Å². The van der Waals surface area contributed by atoms with Crippen LogP contribution in [-0.4, -0.2) is 36.1 Å². The van der Waals surface area contributed by atoms with Gasteiger partial charge in [0.1, 0.15) is 0 Å². The molecule has 2 amide bonds. The summed E-state index contributed by atoms with van der Waals surface area (Å²) in [5.41, 5.74) is 1.20. The molecule has 0 unspecified atom stereocenters. The molecule has 1 fully saturated rings. The summed E-state index contributed by atoms with van der Waals surface area (Å²) in [5, 5.41) is 6.26. The minimum atomic E-state index is -0.452. The molecule has 148 valence electrons. The molecule has 0 bridgehead atoms. The fraction of sp³-hybridized carbons (Fsp3) is 0.227. The van der Waals surface area contributed by atoms with E-state index in [1.54, 1.807) is 48.5 Å². The number of amides is 2. The van der Waals surface area contributed by atoms with Gasteiger partial charge in [-0.2, -0.15) is 0 Å². The predicted molar refractivity (Wildman–Crippen MR) is 110 cm³/mol. The first-order chi connectivity index (χ1) is 14.1. The van der Waals surface area contributed by atoms with Crippen LogP contribution < -0.4 is 16.2 Å². The van der Waals surface area contributed by atoms with Crippen LogP contribution in [0.4, 0.5) is 5.69 Å². The van der Waals surface area contributed by atoms with E-state index >= 15 is 0 Å². The molecule has 1 aliphatic rings. The lowest BCUT2D eigenvalue weighted by atomic mass is 10.1. The van der Waals surface area contributed by atoms with Gasteiger partial charge >= 0.3 is 0 Å². The Morgan fingerprint density at radius 2 is 1.83 bits per heavy atom. The number of ether oxygens (including phenoxy) is 1. The first-order valence-electron chi connectivity index (χ1n) is 9.54. The van der Waals surface area contributed by atoms with Gasteiger partial charge < -0.3 is 20.4 Å². The molecule has 0 saturated carbocycles. The molecule has 2 heterocycles. The summed E-state index contributed by atoms with van der Waals surface area (Å²) in [6, 6.07) is 15.1. The second-order valence-electron chi connectivity index (χ2n) is 6.94. The van der Waals surface area contributed by atoms with Gasteiger partial charge in [-0.1, -0.05) is 30.3 Å². The van der Waals surface area contributed by atoms with Crippen molar-refractivity contribution < 1.29 is 14.3 Å². The quantitative estimate of drug-likeness (QED) is 0.623. The van der Waals surface area contributed by atoms with Crippen molar-refractivity contribution in [3.05, 3.63) is 76.1 Å². The van der Waals surface area contributed by atoms with Gasteiger partial charge in [-0.25, -0.2) is 0 Å². The van der Waals surface area contributed by atoms with Crippen LogP contribution in [0.3, 0.4) is 0 Å². The Labute approximate surface area is 167 Å². The van der Waals surface area contributed by atoms with Crippen LogP contribution in [0.25, 0.3) is 10.9 Å². The van der Waals surface area contributed by atoms with Crippen molar-refractivity contribution in [3.63, 3.8) is 0 Å². The van der Waals surface area contributed by atoms with Gasteiger partial charge in [0, 0.05) is 30.1 Å². The highest BCUT2D eigenvalue weighted by molar-refractivity contribution is 6.14. The van der Waals surface area contributed by atoms with Crippen LogP contribution in [0.5, 0.6) is 0 Å². The highest BCUT2D eigenvalue weighted by Crippen LogP contribution is 2.20. The summed E-state index contributed by atoms with van der Waals surface area (Å²) in [6.07, 6.45) is 1.95. The van der Waals surface area contributed by atoms with Crippen molar-refractivity contribution in [2.45, 2.75) is 18.9 Å². The predicted octanol–water partition coefficient (Wildman–Crippen LogP) is 2.69. The number of aromatic nitrogens is 1. The minimum Gasteiger partial charge on any atom is -0.376 e. The van der Waals surface area contributed by atoms with Crippen molar-refractivity contribution in [3.8, 4) is 0 Å². The van der Waals surface area contributed by atoms with Crippen molar-refractivity contribution in [2.24, 2.45) is 0 Å². The Bertz CT molecular complexity index is 1120. The molecule has 0 spiro atoms. The Morgan fingerprint density at radius 1 is 1.03 bits per heavy atom. The lowest BCUT2D eigenvalue weighted by Gasteiger charge is -2.14. The molecule has 29 heavy (non-hydrogen) atoms. The first kappa shape index (κ1) is 18.9. The summed E-state index contributed by atoms with van der Waals surface area (Å²) in [7, 11) is 0. The van der Waals surface area contributed by atoms with Gasteiger partial charge in [0.15, 0.2) is 0 Å². The Balaban J connectivity index is 1.56. The van der Waals surface area contributed by atoms with E-state index in [9.17, 15) is 14.4 Å². The standard InChI is InChI=1S/C22H21N3O4/c26-20-12-17(15-7-1-3-9-18(15)24-20)22(28)25-19-10-4-2-8-16(19)21(27)23-13-14-6-5-11-29-14/h1-4,7-10,12,14H,5-6,11,13H2,(H,23,27)(H,24,26)(H,25,28)/t14-/m0/s1. The third-order valence-corrected chi connectivity index (χ3v) is 4.93. The van der Waals surface area contributed by atoms with E-state index in [2.05, 4.69) is 15.6 Å². The maximum absolute atomic E-state index is 12.9. The summed E-state index contributed by atoms with van der Waals surface area (Å²) in [6.45, 7) is 1.15. The number of aromatic amines is 1. The molecular formula is C22H21N3O4. The number of carbonyl (C=O) groups is 2. The number of para-hydroxylation sites is 2. The van der Waals surface area contributed by atoms with Gasteiger partial charge in [-0.15, -0.1) is 0 Å². The normalized spacial score (nSPS) is 15.9. The summed E-state index contributed by atoms with van der Waals surface area (Å²) in [4.78, 5) is 40.2. The zero-order valence-electron chi connectivity index (χ0n) is 15.7. The Kier molecular flexibility index (Phi) is 5.39. The number of fused-ring (bicyclic) bond motifs is 1. The Morgan fingerprint density at radius 3 is 2.66 bits per heavy atom. The van der Waals surface area contributed by atoms with E-state index in [0.29, 0.717) is 28.7 Å². The zero-order chi connectivity index (χ0) is 20.2. The van der Waals surface area contributed by atoms with Crippen LogP contribution in [0.15, 0.2) is 59.4 Å². The van der Waals surface area contributed by atoms with Gasteiger partial charge in [0.25, 0.3) is 11.8 Å². The van der Waals surface area contributed by atoms with E-state index in [4.69, 9.17) is 4.74 Å². The first-order valence-corrected chi connectivity index (χ1v) is 9.54. The second-order valence-corrected chi connectivity index (χ2v) is 6.94. The fourth-order valence-corrected chi connectivity index (χ4v) is 3.48. The highest BCUT2D eigenvalue weighted by atomic mass is 16.5. The van der Waals surface area contributed by atoms with E-state index in [1.807, 2.05) is 0 Å². The molecule has 0 radical (unpaired) electrons. The largest absolute Gasteiger partial charge is 0.376 e. The monoisotopic (exact) mass is 391 g/mol. The van der Waals surface area contributed by atoms with Crippen molar-refractivity contribution >= 4 is 28.4 Å². The fourth-order valence-electron chi connectivity index (χ4n) is 3.48. The molecule has 1 aromatic heterocycles. The van der Waals surface area contributed by atoms with Crippen LogP contribution in [0.2, 0.25) is 0 Å². The molecule has 4 rings (SSSR count). The van der Waals surface area contributed by atoms with Crippen LogP contribution in [0.1, 0.15) is 33.6 Å². The van der Waals surface area contributed by atoms with E-state index in [0.717, 1.165) is 19.4 Å². The maximum Gasteiger partial charge on any atom is 0.256 e. The summed E-state index contributed by atoms with van der Waals surface area (Å²) in [5.74, 6) is -0.737. The molecule has 1 saturated heterocycles. The lowest BCUT2D eigenvalue weighted by Crippen LogP contribution is -2.32. The topological polar surface area (TPSA) is 100 Å². The summed E-state index contributed by atoms with van der Waals surface area (Å²) < 4.78 is 5.53. The van der Waals surface area contributed by atoms with Crippen LogP contribution >= 0.6 is 0 Å². The van der Waals surface area contributed by atoms with Crippen molar-refractivity contribution in [1.29, 1.82) is 0 Å². The number of carbonyl (C=O) groups excluding carboxylic acids is 2. The molecule has 0 aliphatic carbocycles. The number of benzene rings is 2. The third-order valence-electron chi connectivity index (χ3n) is 4.93. The van der Waals surface area contributed by atoms with Crippen molar-refractivity contribution in [2.75, 3.05) is 18.5 Å². The van der Waals surface area contributed by atoms with Crippen LogP contribution in [0, 0.1) is 0 Å². The van der Waals surface area contributed by atoms with Gasteiger partial charge in [-0.3, -0.25) is 14.4 Å². The molecule has 2 aromatic carbocycles. The van der Waals surface area contributed by atoms with E-state index in [1.165, 1.54) is 6.07 Å². The second kappa shape index (κ2) is 8.28. The zero-order valence-corrected chi connectivity index (χ0v) is 15.7. The lowest BCUT2D eigenvalue weighted by molar-refractivity contribution is 0.0858. The molecule has 1 aliphatic heterocycles. The third kappa shape index (κ3) is 4.20. The smallest absolute Gasteiger partial charge is 0.256 e. The SMILES string of the molecule is O=C(NC[C@@H]1CCCO1)c1ccccc1NC(=O)c1cc(=O)[nH]c2ccccc12. The number of pyridine rings is 1. The summed E-state index contributed by atoms with van der Waals surface area (Å²) >= 11 is 0. The number of hydrogen-bond donors (Lipinski definition) is 3.